The van der Waals surface area contributed by atoms with E-state index in [4.69, 9.17) is 5.14 Å². The Morgan fingerprint density at radius 3 is 2.79 bits per heavy atom. The van der Waals surface area contributed by atoms with Crippen molar-refractivity contribution in [3.8, 4) is 0 Å². The van der Waals surface area contributed by atoms with Crippen LogP contribution < -0.4 is 10.5 Å². The number of sulfonamides is 1. The van der Waals surface area contributed by atoms with Crippen LogP contribution in [0.4, 0.5) is 5.69 Å². The largest absolute Gasteiger partial charge is 0.362 e. The van der Waals surface area contributed by atoms with Crippen LogP contribution >= 0.6 is 11.3 Å². The highest BCUT2D eigenvalue weighted by Gasteiger charge is 2.17. The monoisotopic (exact) mass is 412 g/mol. The van der Waals surface area contributed by atoms with Gasteiger partial charge in [-0.1, -0.05) is 29.5 Å². The zero-order valence-electron chi connectivity index (χ0n) is 14.8. The number of thiazole rings is 1. The Hall–Kier alpha value is -3.01. The van der Waals surface area contributed by atoms with E-state index in [1.165, 1.54) is 35.7 Å². The zero-order chi connectivity index (χ0) is 19.9. The first-order valence-electron chi connectivity index (χ1n) is 8.31. The van der Waals surface area contributed by atoms with E-state index >= 15 is 0 Å². The third-order valence-corrected chi connectivity index (χ3v) is 6.33. The molecule has 0 aliphatic carbocycles. The third kappa shape index (κ3) is 3.31. The van der Waals surface area contributed by atoms with Crippen molar-refractivity contribution in [2.24, 2.45) is 5.14 Å². The van der Waals surface area contributed by atoms with E-state index in [1.54, 1.807) is 12.1 Å². The molecule has 0 aliphatic heterocycles. The number of fused-ring (bicyclic) bond motifs is 3. The van der Waals surface area contributed by atoms with Gasteiger partial charge >= 0.3 is 0 Å². The SMILES string of the molecule is Cc1c(C(=O)/C=C/Nc2cccc(S(N)(=O)=O)c2)sc2nc3ccccc3n12. The number of carbonyl (C=O) groups excluding carboxylic acids is 1. The summed E-state index contributed by atoms with van der Waals surface area (Å²) < 4.78 is 24.8. The summed E-state index contributed by atoms with van der Waals surface area (Å²) in [6, 6.07) is 13.8. The zero-order valence-corrected chi connectivity index (χ0v) is 16.4. The van der Waals surface area contributed by atoms with E-state index in [1.807, 2.05) is 35.6 Å². The Balaban J connectivity index is 1.58. The quantitative estimate of drug-likeness (QED) is 0.386. The van der Waals surface area contributed by atoms with Crippen molar-refractivity contribution in [2.75, 3.05) is 5.32 Å². The molecule has 4 rings (SSSR count). The van der Waals surface area contributed by atoms with Gasteiger partial charge in [0.1, 0.15) is 0 Å². The van der Waals surface area contributed by atoms with E-state index in [0.29, 0.717) is 10.6 Å². The molecule has 0 fully saturated rings. The van der Waals surface area contributed by atoms with Crippen LogP contribution in [0.2, 0.25) is 0 Å². The predicted molar refractivity (Wildman–Crippen MR) is 110 cm³/mol. The molecule has 142 valence electrons. The summed E-state index contributed by atoms with van der Waals surface area (Å²) in [4.78, 5) is 18.5. The molecule has 9 heteroatoms. The van der Waals surface area contributed by atoms with Crippen LogP contribution in [0.5, 0.6) is 0 Å². The molecule has 0 spiro atoms. The lowest BCUT2D eigenvalue weighted by Crippen LogP contribution is -2.12. The molecule has 2 heterocycles. The molecule has 0 atom stereocenters. The number of nitrogens with one attached hydrogen (secondary N) is 1. The van der Waals surface area contributed by atoms with Gasteiger partial charge in [0, 0.05) is 23.7 Å². The van der Waals surface area contributed by atoms with Crippen LogP contribution in [0.25, 0.3) is 16.0 Å². The van der Waals surface area contributed by atoms with Gasteiger partial charge in [-0.3, -0.25) is 9.20 Å². The maximum Gasteiger partial charge on any atom is 0.238 e. The number of carbonyl (C=O) groups is 1. The van der Waals surface area contributed by atoms with Crippen LogP contribution in [0.15, 0.2) is 65.7 Å². The van der Waals surface area contributed by atoms with Crippen molar-refractivity contribution in [3.63, 3.8) is 0 Å². The van der Waals surface area contributed by atoms with E-state index in [9.17, 15) is 13.2 Å². The van der Waals surface area contributed by atoms with Gasteiger partial charge in [0.2, 0.25) is 10.0 Å². The lowest BCUT2D eigenvalue weighted by molar-refractivity contribution is 0.104. The second-order valence-electron chi connectivity index (χ2n) is 6.15. The maximum absolute atomic E-state index is 12.6. The van der Waals surface area contributed by atoms with Gasteiger partial charge in [-0.15, -0.1) is 0 Å². The Morgan fingerprint density at radius 1 is 1.21 bits per heavy atom. The van der Waals surface area contributed by atoms with E-state index in [2.05, 4.69) is 10.3 Å². The highest BCUT2D eigenvalue weighted by Crippen LogP contribution is 2.28. The summed E-state index contributed by atoms with van der Waals surface area (Å²) >= 11 is 1.34. The number of primary sulfonamides is 1. The molecule has 3 N–H and O–H groups in total. The third-order valence-electron chi connectivity index (χ3n) is 4.26. The highest BCUT2D eigenvalue weighted by molar-refractivity contribution is 7.89. The number of benzene rings is 2. The normalized spacial score (nSPS) is 12.2. The molecule has 0 radical (unpaired) electrons. The van der Waals surface area contributed by atoms with Crippen LogP contribution in [-0.2, 0) is 10.0 Å². The van der Waals surface area contributed by atoms with Gasteiger partial charge in [-0.05, 0) is 37.3 Å². The van der Waals surface area contributed by atoms with Crippen LogP contribution in [0.1, 0.15) is 15.4 Å². The molecule has 28 heavy (non-hydrogen) atoms. The number of ketones is 1. The summed E-state index contributed by atoms with van der Waals surface area (Å²) in [5.74, 6) is -0.160. The molecule has 0 unspecified atom stereocenters. The standard InChI is InChI=1S/C19H16N4O3S2/c1-12-18(27-19-22-15-7-2-3-8-16(15)23(12)19)17(24)9-10-21-13-5-4-6-14(11-13)28(20,25)26/h2-11,21H,1H3,(H2,20,25,26)/b10-9+. The Kier molecular flexibility index (Phi) is 4.50. The maximum atomic E-state index is 12.6. The molecule has 2 aromatic heterocycles. The number of imidazole rings is 1. The Labute approximate surface area is 165 Å². The predicted octanol–water partition coefficient (Wildman–Crippen LogP) is 3.31. The minimum absolute atomic E-state index is 0.000528. The van der Waals surface area contributed by atoms with E-state index < -0.39 is 10.0 Å². The smallest absolute Gasteiger partial charge is 0.238 e. The van der Waals surface area contributed by atoms with Crippen LogP contribution in [0.3, 0.4) is 0 Å². The van der Waals surface area contributed by atoms with Gasteiger partial charge in [-0.2, -0.15) is 0 Å². The average molecular weight is 412 g/mol. The number of rotatable bonds is 5. The first-order valence-corrected chi connectivity index (χ1v) is 10.7. The Bertz CT molecular complexity index is 1350. The molecule has 0 aliphatic rings. The van der Waals surface area contributed by atoms with Gasteiger partial charge in [-0.25, -0.2) is 18.5 Å². The van der Waals surface area contributed by atoms with Crippen molar-refractivity contribution in [1.29, 1.82) is 0 Å². The number of allylic oxidation sites excluding steroid dienone is 1. The molecular formula is C19H16N4O3S2. The first kappa shape index (κ1) is 18.4. The summed E-state index contributed by atoms with van der Waals surface area (Å²) in [6.45, 7) is 1.89. The van der Waals surface area contributed by atoms with Gasteiger partial charge in [0.15, 0.2) is 10.7 Å². The van der Waals surface area contributed by atoms with Crippen molar-refractivity contribution in [3.05, 3.63) is 71.4 Å². The Morgan fingerprint density at radius 2 is 2.00 bits per heavy atom. The minimum Gasteiger partial charge on any atom is -0.362 e. The summed E-state index contributed by atoms with van der Waals surface area (Å²) in [5.41, 5.74) is 3.20. The second kappa shape index (κ2) is 6.86. The highest BCUT2D eigenvalue weighted by atomic mass is 32.2. The second-order valence-corrected chi connectivity index (χ2v) is 8.69. The topological polar surface area (TPSA) is 107 Å². The van der Waals surface area contributed by atoms with Gasteiger partial charge < -0.3 is 5.32 Å². The minimum atomic E-state index is -3.78. The number of nitrogens with two attached hydrogens (primary N) is 1. The van der Waals surface area contributed by atoms with Gasteiger partial charge in [0.25, 0.3) is 0 Å². The number of para-hydroxylation sites is 2. The first-order chi connectivity index (χ1) is 13.3. The molecule has 0 saturated carbocycles. The van der Waals surface area contributed by atoms with Crippen molar-refractivity contribution < 1.29 is 13.2 Å². The lowest BCUT2D eigenvalue weighted by Gasteiger charge is -2.03. The molecule has 0 saturated heterocycles. The molecule has 4 aromatic rings. The number of nitrogens with zero attached hydrogens (tertiary/aromatic N) is 2. The number of aromatic nitrogens is 2. The summed E-state index contributed by atoms with van der Waals surface area (Å²) in [5, 5.41) is 8.02. The molecule has 2 aromatic carbocycles. The summed E-state index contributed by atoms with van der Waals surface area (Å²) in [7, 11) is -3.78. The van der Waals surface area contributed by atoms with Crippen molar-refractivity contribution in [2.45, 2.75) is 11.8 Å². The van der Waals surface area contributed by atoms with Crippen molar-refractivity contribution in [1.82, 2.24) is 9.38 Å². The van der Waals surface area contributed by atoms with Gasteiger partial charge in [0.05, 0.1) is 20.8 Å². The van der Waals surface area contributed by atoms with Crippen LogP contribution in [-0.4, -0.2) is 23.6 Å². The summed E-state index contributed by atoms with van der Waals surface area (Å²) in [6.07, 6.45) is 2.88. The van der Waals surface area contributed by atoms with Crippen LogP contribution in [0, 0.1) is 6.92 Å². The average Bonchev–Trinajstić information content (AvgIpc) is 3.18. The number of hydrogen-bond acceptors (Lipinski definition) is 6. The number of anilines is 1. The molecule has 0 amide bonds. The fraction of sp³-hybridized carbons (Fsp3) is 0.0526. The lowest BCUT2D eigenvalue weighted by atomic mass is 10.2. The molecular weight excluding hydrogens is 396 g/mol. The van der Waals surface area contributed by atoms with Crippen molar-refractivity contribution >= 4 is 48.8 Å². The number of aryl methyl sites for hydroxylation is 1. The molecule has 7 nitrogen and oxygen atoms in total. The van der Waals surface area contributed by atoms with E-state index in [-0.39, 0.29) is 10.7 Å². The van der Waals surface area contributed by atoms with E-state index in [0.717, 1.165) is 21.7 Å². The number of hydrogen-bond donors (Lipinski definition) is 2. The fourth-order valence-corrected chi connectivity index (χ4v) is 4.56. The molecule has 0 bridgehead atoms. The fourth-order valence-electron chi connectivity index (χ4n) is 2.94.